The summed E-state index contributed by atoms with van der Waals surface area (Å²) in [4.78, 5) is 16.1. The molecule has 5 rings (SSSR count). The van der Waals surface area contributed by atoms with Crippen LogP contribution in [0.4, 0.5) is 0 Å². The van der Waals surface area contributed by atoms with Crippen LogP contribution in [-0.4, -0.2) is 10.2 Å². The lowest BCUT2D eigenvalue weighted by atomic mass is 9.77. The van der Waals surface area contributed by atoms with Crippen molar-refractivity contribution in [3.8, 4) is 0 Å². The Kier molecular flexibility index (Phi) is 2.36. The maximum atomic E-state index is 11.8. The van der Waals surface area contributed by atoms with E-state index in [1.54, 1.807) is 6.26 Å². The molecule has 104 valence electrons. The molecule has 2 fully saturated rings. The first-order valence-corrected chi connectivity index (χ1v) is 8.94. The third kappa shape index (κ3) is 1.45. The van der Waals surface area contributed by atoms with Crippen molar-refractivity contribution < 1.29 is 4.42 Å². The molecular weight excluding hydrogens is 290 g/mol. The number of thiazole rings is 1. The van der Waals surface area contributed by atoms with Crippen LogP contribution in [0.2, 0.25) is 0 Å². The van der Waals surface area contributed by atoms with Crippen LogP contribution in [0.25, 0.3) is 0 Å². The van der Waals surface area contributed by atoms with Crippen LogP contribution < -0.4 is 4.87 Å². The van der Waals surface area contributed by atoms with Gasteiger partial charge in [0.1, 0.15) is 5.76 Å². The summed E-state index contributed by atoms with van der Waals surface area (Å²) in [5, 5.41) is 1.77. The first-order valence-electron chi connectivity index (χ1n) is 7.24. The molecule has 1 N–H and O–H groups in total. The van der Waals surface area contributed by atoms with Gasteiger partial charge in [0.15, 0.2) is 0 Å². The Bertz CT molecular complexity index is 702. The molecule has 0 aromatic carbocycles. The van der Waals surface area contributed by atoms with Gasteiger partial charge in [-0.1, -0.05) is 11.3 Å². The van der Waals surface area contributed by atoms with Gasteiger partial charge in [0.2, 0.25) is 0 Å². The van der Waals surface area contributed by atoms with Gasteiger partial charge < -0.3 is 9.40 Å². The lowest BCUT2D eigenvalue weighted by Gasteiger charge is -2.38. The Labute approximate surface area is 124 Å². The molecule has 0 radical (unpaired) electrons. The molecule has 0 amide bonds. The number of thioether (sulfide) groups is 1. The second-order valence-electron chi connectivity index (χ2n) is 6.19. The number of hydrogen-bond acceptors (Lipinski definition) is 4. The van der Waals surface area contributed by atoms with Crippen LogP contribution in [0.3, 0.4) is 0 Å². The van der Waals surface area contributed by atoms with Gasteiger partial charge in [0.25, 0.3) is 0 Å². The van der Waals surface area contributed by atoms with Crippen LogP contribution in [0, 0.1) is 17.8 Å². The second-order valence-corrected chi connectivity index (χ2v) is 8.40. The molecule has 1 aliphatic heterocycles. The number of furan rings is 1. The molecular formula is C15H15NO2S2. The Morgan fingerprint density at radius 2 is 2.20 bits per heavy atom. The van der Waals surface area contributed by atoms with Crippen molar-refractivity contribution in [3.05, 3.63) is 38.7 Å². The second kappa shape index (κ2) is 4.04. The Balaban J connectivity index is 1.71. The summed E-state index contributed by atoms with van der Waals surface area (Å²) in [7, 11) is 0. The molecule has 2 bridgehead atoms. The molecule has 3 aliphatic rings. The maximum absolute atomic E-state index is 11.8. The molecule has 20 heavy (non-hydrogen) atoms. The zero-order valence-electron chi connectivity index (χ0n) is 10.9. The Hall–Kier alpha value is -0.940. The van der Waals surface area contributed by atoms with Gasteiger partial charge in [0.05, 0.1) is 22.1 Å². The fourth-order valence-corrected chi connectivity index (χ4v) is 7.51. The molecule has 3 heterocycles. The molecule has 2 aromatic heterocycles. The van der Waals surface area contributed by atoms with Crippen molar-refractivity contribution in [2.45, 2.75) is 35.5 Å². The summed E-state index contributed by atoms with van der Waals surface area (Å²) in [5.41, 5.74) is 0. The highest BCUT2D eigenvalue weighted by Crippen LogP contribution is 2.63. The largest absolute Gasteiger partial charge is 0.469 e. The van der Waals surface area contributed by atoms with Gasteiger partial charge in [-0.05, 0) is 49.1 Å². The molecule has 3 nitrogen and oxygen atoms in total. The Morgan fingerprint density at radius 1 is 1.30 bits per heavy atom. The highest BCUT2D eigenvalue weighted by atomic mass is 32.2. The highest BCUT2D eigenvalue weighted by molar-refractivity contribution is 8.00. The fraction of sp³-hybridized carbons (Fsp3) is 0.533. The number of hydrogen-bond donors (Lipinski definition) is 1. The monoisotopic (exact) mass is 305 g/mol. The number of aromatic amines is 1. The van der Waals surface area contributed by atoms with Crippen LogP contribution in [0.5, 0.6) is 0 Å². The van der Waals surface area contributed by atoms with E-state index in [9.17, 15) is 4.79 Å². The minimum absolute atomic E-state index is 0.0753. The van der Waals surface area contributed by atoms with E-state index >= 15 is 0 Å². The predicted molar refractivity (Wildman–Crippen MR) is 79.5 cm³/mol. The van der Waals surface area contributed by atoms with E-state index in [2.05, 4.69) is 11.1 Å². The minimum Gasteiger partial charge on any atom is -0.469 e. The fourth-order valence-electron chi connectivity index (χ4n) is 4.64. The summed E-state index contributed by atoms with van der Waals surface area (Å²) in [6.07, 6.45) is 5.86. The van der Waals surface area contributed by atoms with Crippen LogP contribution in [0.15, 0.2) is 32.6 Å². The van der Waals surface area contributed by atoms with Crippen molar-refractivity contribution in [1.29, 1.82) is 0 Å². The minimum atomic E-state index is 0.0753. The van der Waals surface area contributed by atoms with Gasteiger partial charge in [0, 0.05) is 5.25 Å². The van der Waals surface area contributed by atoms with E-state index in [0.29, 0.717) is 17.1 Å². The quantitative estimate of drug-likeness (QED) is 0.874. The zero-order valence-corrected chi connectivity index (χ0v) is 12.5. The SMILES string of the molecule is O=c1[nH]c2c(s1)[C@H](c1ccco1)C1C3CCC(C3)C1S2. The average Bonchev–Trinajstić information content (AvgIpc) is 3.19. The van der Waals surface area contributed by atoms with Crippen molar-refractivity contribution in [2.75, 3.05) is 0 Å². The summed E-state index contributed by atoms with van der Waals surface area (Å²) >= 11 is 3.31. The van der Waals surface area contributed by atoms with E-state index < -0.39 is 0 Å². The average molecular weight is 305 g/mol. The molecule has 5 atom stereocenters. The normalized spacial score (nSPS) is 37.9. The van der Waals surface area contributed by atoms with Crippen molar-refractivity contribution in [3.63, 3.8) is 0 Å². The van der Waals surface area contributed by atoms with Crippen LogP contribution in [-0.2, 0) is 0 Å². The van der Waals surface area contributed by atoms with Gasteiger partial charge in [-0.25, -0.2) is 0 Å². The smallest absolute Gasteiger partial charge is 0.305 e. The third-order valence-corrected chi connectivity index (χ3v) is 7.94. The molecule has 0 spiro atoms. The highest BCUT2D eigenvalue weighted by Gasteiger charge is 2.55. The van der Waals surface area contributed by atoms with E-state index in [-0.39, 0.29) is 4.87 Å². The van der Waals surface area contributed by atoms with E-state index in [1.807, 2.05) is 17.8 Å². The molecule has 2 saturated carbocycles. The molecule has 2 aliphatic carbocycles. The van der Waals surface area contributed by atoms with E-state index in [0.717, 1.165) is 22.6 Å². The zero-order chi connectivity index (χ0) is 13.3. The number of rotatable bonds is 1. The lowest BCUT2D eigenvalue weighted by Crippen LogP contribution is -2.33. The predicted octanol–water partition coefficient (Wildman–Crippen LogP) is 3.68. The topological polar surface area (TPSA) is 46.0 Å². The standard InChI is InChI=1S/C15H15NO2S2/c17-15-16-14-13(20-15)11(9-2-1-5-18-9)10-7-3-4-8(6-7)12(10)19-14/h1-2,5,7-8,10-12H,3-4,6H2,(H,16,17)/t7?,8?,10?,11-,12?/m1/s1. The summed E-state index contributed by atoms with van der Waals surface area (Å²) in [6, 6.07) is 4.05. The molecule has 4 unspecified atom stereocenters. The summed E-state index contributed by atoms with van der Waals surface area (Å²) in [6.45, 7) is 0. The van der Waals surface area contributed by atoms with Crippen molar-refractivity contribution in [2.24, 2.45) is 17.8 Å². The lowest BCUT2D eigenvalue weighted by molar-refractivity contribution is 0.283. The number of fused-ring (bicyclic) bond motifs is 6. The first-order chi connectivity index (χ1) is 9.81. The Morgan fingerprint density at radius 3 is 3.05 bits per heavy atom. The molecule has 2 aromatic rings. The number of nitrogens with one attached hydrogen (secondary N) is 1. The first kappa shape index (κ1) is 11.7. The number of H-pyrrole nitrogens is 1. The van der Waals surface area contributed by atoms with Crippen LogP contribution in [0.1, 0.15) is 35.8 Å². The maximum Gasteiger partial charge on any atom is 0.305 e. The van der Waals surface area contributed by atoms with Gasteiger partial charge in [-0.3, -0.25) is 4.79 Å². The molecule has 0 saturated heterocycles. The number of aromatic nitrogens is 1. The van der Waals surface area contributed by atoms with Crippen LogP contribution >= 0.6 is 23.1 Å². The summed E-state index contributed by atoms with van der Waals surface area (Å²) in [5.74, 6) is 3.65. The van der Waals surface area contributed by atoms with E-state index in [1.165, 1.54) is 35.5 Å². The molecule has 5 heteroatoms. The van der Waals surface area contributed by atoms with Crippen molar-refractivity contribution >= 4 is 23.1 Å². The van der Waals surface area contributed by atoms with Gasteiger partial charge >= 0.3 is 4.87 Å². The van der Waals surface area contributed by atoms with E-state index in [4.69, 9.17) is 4.42 Å². The van der Waals surface area contributed by atoms with Gasteiger partial charge in [-0.15, -0.1) is 11.8 Å². The van der Waals surface area contributed by atoms with Gasteiger partial charge in [-0.2, -0.15) is 0 Å². The summed E-state index contributed by atoms with van der Waals surface area (Å²) < 4.78 is 5.74. The van der Waals surface area contributed by atoms with Crippen molar-refractivity contribution in [1.82, 2.24) is 4.98 Å². The third-order valence-electron chi connectivity index (χ3n) is 5.32.